The van der Waals surface area contributed by atoms with Gasteiger partial charge in [-0.2, -0.15) is 4.98 Å². The van der Waals surface area contributed by atoms with Crippen LogP contribution in [0.3, 0.4) is 0 Å². The molecule has 3 rings (SSSR count). The molecule has 0 aromatic carbocycles. The van der Waals surface area contributed by atoms with Crippen molar-refractivity contribution in [2.45, 2.75) is 45.7 Å². The quantitative estimate of drug-likeness (QED) is 0.862. The largest absolute Gasteiger partial charge is 0.338 e. The molecule has 0 saturated carbocycles. The molecule has 102 valence electrons. The zero-order chi connectivity index (χ0) is 13.4. The summed E-state index contributed by atoms with van der Waals surface area (Å²) in [5.41, 5.74) is 1.46. The van der Waals surface area contributed by atoms with E-state index in [1.54, 1.807) is 0 Å². The number of thiophene rings is 1. The van der Waals surface area contributed by atoms with E-state index in [4.69, 9.17) is 4.52 Å². The summed E-state index contributed by atoms with van der Waals surface area (Å²) >= 11 is 1.87. The molecule has 1 aliphatic heterocycles. The molecule has 0 saturated heterocycles. The summed E-state index contributed by atoms with van der Waals surface area (Å²) in [6.45, 7) is 8.22. The lowest BCUT2D eigenvalue weighted by atomic mass is 10.0. The van der Waals surface area contributed by atoms with E-state index >= 15 is 0 Å². The van der Waals surface area contributed by atoms with E-state index in [1.807, 2.05) is 11.3 Å². The van der Waals surface area contributed by atoms with Crippen LogP contribution in [0.2, 0.25) is 0 Å². The van der Waals surface area contributed by atoms with Crippen LogP contribution in [0.15, 0.2) is 16.0 Å². The first-order valence-electron chi connectivity index (χ1n) is 6.78. The first-order valence-corrected chi connectivity index (χ1v) is 7.66. The van der Waals surface area contributed by atoms with Crippen LogP contribution >= 0.6 is 11.3 Å². The molecule has 0 amide bonds. The fourth-order valence-electron chi connectivity index (χ4n) is 2.52. The normalized spacial score (nSPS) is 19.9. The number of hydrogen-bond acceptors (Lipinski definition) is 5. The Morgan fingerprint density at radius 2 is 2.37 bits per heavy atom. The molecule has 19 heavy (non-hydrogen) atoms. The first-order chi connectivity index (χ1) is 9.15. The molecule has 4 nitrogen and oxygen atoms in total. The Bertz CT molecular complexity index is 561. The molecular formula is C14H19N3OS. The predicted molar refractivity (Wildman–Crippen MR) is 75.2 cm³/mol. The van der Waals surface area contributed by atoms with Crippen LogP contribution in [0.25, 0.3) is 0 Å². The third-order valence-electron chi connectivity index (χ3n) is 3.74. The van der Waals surface area contributed by atoms with Crippen molar-refractivity contribution >= 4 is 11.3 Å². The molecule has 3 heterocycles. The molecule has 2 aromatic heterocycles. The topological polar surface area (TPSA) is 42.2 Å². The summed E-state index contributed by atoms with van der Waals surface area (Å²) in [7, 11) is 0. The lowest BCUT2D eigenvalue weighted by molar-refractivity contribution is 0.167. The van der Waals surface area contributed by atoms with Crippen molar-refractivity contribution in [1.29, 1.82) is 0 Å². The average Bonchev–Trinajstić information content (AvgIpc) is 3.01. The molecule has 5 heteroatoms. The summed E-state index contributed by atoms with van der Waals surface area (Å²) < 4.78 is 5.35. The molecule has 0 bridgehead atoms. The first kappa shape index (κ1) is 12.8. The third-order valence-corrected chi connectivity index (χ3v) is 4.74. The van der Waals surface area contributed by atoms with Crippen molar-refractivity contribution < 1.29 is 4.52 Å². The number of fused-ring (bicyclic) bond motifs is 1. The molecule has 0 fully saturated rings. The average molecular weight is 277 g/mol. The highest BCUT2D eigenvalue weighted by molar-refractivity contribution is 7.10. The van der Waals surface area contributed by atoms with Crippen LogP contribution in [0.4, 0.5) is 0 Å². The molecular weight excluding hydrogens is 258 g/mol. The minimum absolute atomic E-state index is 0.319. The van der Waals surface area contributed by atoms with Gasteiger partial charge in [0, 0.05) is 23.4 Å². The molecule has 1 unspecified atom stereocenters. The van der Waals surface area contributed by atoms with Gasteiger partial charge >= 0.3 is 0 Å². The summed E-state index contributed by atoms with van der Waals surface area (Å²) in [5.74, 6) is 1.85. The zero-order valence-corrected chi connectivity index (χ0v) is 12.4. The van der Waals surface area contributed by atoms with Gasteiger partial charge in [-0.25, -0.2) is 0 Å². The smallest absolute Gasteiger partial charge is 0.240 e. The van der Waals surface area contributed by atoms with E-state index in [9.17, 15) is 0 Å². The summed E-state index contributed by atoms with van der Waals surface area (Å²) in [6, 6.07) is 2.67. The molecule has 0 spiro atoms. The Labute approximate surface area is 117 Å². The third kappa shape index (κ3) is 2.44. The van der Waals surface area contributed by atoms with Gasteiger partial charge in [0.25, 0.3) is 0 Å². The van der Waals surface area contributed by atoms with Gasteiger partial charge in [-0.05, 0) is 30.4 Å². The second-order valence-electron chi connectivity index (χ2n) is 5.40. The highest BCUT2D eigenvalue weighted by Crippen LogP contribution is 2.33. The predicted octanol–water partition coefficient (Wildman–Crippen LogP) is 3.37. The Balaban J connectivity index is 1.73. The van der Waals surface area contributed by atoms with Crippen molar-refractivity contribution in [3.63, 3.8) is 0 Å². The second kappa shape index (κ2) is 5.06. The maximum atomic E-state index is 5.35. The van der Waals surface area contributed by atoms with Crippen molar-refractivity contribution in [1.82, 2.24) is 15.0 Å². The maximum absolute atomic E-state index is 5.35. The van der Waals surface area contributed by atoms with Gasteiger partial charge in [0.2, 0.25) is 5.89 Å². The molecule has 1 atom stereocenters. The molecule has 0 aliphatic carbocycles. The zero-order valence-electron chi connectivity index (χ0n) is 11.6. The second-order valence-corrected chi connectivity index (χ2v) is 6.40. The SMILES string of the molecule is CC(C)c1noc(CN2CCc3sccc3C2C)n1. The van der Waals surface area contributed by atoms with Gasteiger partial charge in [0.05, 0.1) is 6.54 Å². The van der Waals surface area contributed by atoms with Crippen molar-refractivity contribution in [2.24, 2.45) is 0 Å². The summed E-state index contributed by atoms with van der Waals surface area (Å²) in [6.07, 6.45) is 1.13. The number of aromatic nitrogens is 2. The summed E-state index contributed by atoms with van der Waals surface area (Å²) in [5, 5.41) is 6.22. The van der Waals surface area contributed by atoms with E-state index in [0.717, 1.165) is 31.2 Å². The van der Waals surface area contributed by atoms with Crippen molar-refractivity contribution in [3.8, 4) is 0 Å². The lowest BCUT2D eigenvalue weighted by Crippen LogP contribution is -2.32. The van der Waals surface area contributed by atoms with Crippen LogP contribution < -0.4 is 0 Å². The van der Waals surface area contributed by atoms with Gasteiger partial charge < -0.3 is 4.52 Å². The minimum atomic E-state index is 0.319. The maximum Gasteiger partial charge on any atom is 0.240 e. The fraction of sp³-hybridized carbons (Fsp3) is 0.571. The fourth-order valence-corrected chi connectivity index (χ4v) is 3.48. The Morgan fingerprint density at radius 3 is 3.11 bits per heavy atom. The molecule has 0 N–H and O–H groups in total. The molecule has 1 aliphatic rings. The minimum Gasteiger partial charge on any atom is -0.338 e. The number of nitrogens with zero attached hydrogens (tertiary/aromatic N) is 3. The van der Waals surface area contributed by atoms with Crippen LogP contribution in [0, 0.1) is 0 Å². The van der Waals surface area contributed by atoms with Crippen molar-refractivity contribution in [2.75, 3.05) is 6.54 Å². The van der Waals surface area contributed by atoms with E-state index in [-0.39, 0.29) is 0 Å². The number of rotatable bonds is 3. The van der Waals surface area contributed by atoms with Gasteiger partial charge in [-0.3, -0.25) is 4.90 Å². The Hall–Kier alpha value is -1.20. The van der Waals surface area contributed by atoms with Gasteiger partial charge in [0.1, 0.15) is 0 Å². The molecule has 0 radical (unpaired) electrons. The highest BCUT2D eigenvalue weighted by atomic mass is 32.1. The van der Waals surface area contributed by atoms with Crippen LogP contribution in [-0.4, -0.2) is 21.6 Å². The van der Waals surface area contributed by atoms with Gasteiger partial charge in [0.15, 0.2) is 5.82 Å². The molecule has 2 aromatic rings. The van der Waals surface area contributed by atoms with E-state index in [1.165, 1.54) is 10.4 Å². The number of hydrogen-bond donors (Lipinski definition) is 0. The van der Waals surface area contributed by atoms with Crippen LogP contribution in [-0.2, 0) is 13.0 Å². The standard InChI is InChI=1S/C14H19N3OS/c1-9(2)14-15-13(18-16-14)8-17-6-4-12-11(10(17)3)5-7-19-12/h5,7,9-10H,4,6,8H2,1-3H3. The van der Waals surface area contributed by atoms with Crippen molar-refractivity contribution in [3.05, 3.63) is 33.6 Å². The van der Waals surface area contributed by atoms with Gasteiger partial charge in [-0.1, -0.05) is 19.0 Å². The Kier molecular flexibility index (Phi) is 3.41. The van der Waals surface area contributed by atoms with Crippen LogP contribution in [0.1, 0.15) is 54.9 Å². The van der Waals surface area contributed by atoms with Gasteiger partial charge in [-0.15, -0.1) is 11.3 Å². The highest BCUT2D eigenvalue weighted by Gasteiger charge is 2.26. The summed E-state index contributed by atoms with van der Waals surface area (Å²) in [4.78, 5) is 8.40. The van der Waals surface area contributed by atoms with E-state index in [0.29, 0.717) is 12.0 Å². The van der Waals surface area contributed by atoms with Crippen LogP contribution in [0.5, 0.6) is 0 Å². The van der Waals surface area contributed by atoms with E-state index < -0.39 is 0 Å². The van der Waals surface area contributed by atoms with E-state index in [2.05, 4.69) is 47.3 Å². The Morgan fingerprint density at radius 1 is 1.53 bits per heavy atom. The lowest BCUT2D eigenvalue weighted by Gasteiger charge is -2.32. The monoisotopic (exact) mass is 277 g/mol.